The molecule has 0 amide bonds. The minimum atomic E-state index is -1.06. The summed E-state index contributed by atoms with van der Waals surface area (Å²) in [6, 6.07) is 13.3. The molecular formula is C17H22N2O3. The Hall–Kier alpha value is -1.50. The van der Waals surface area contributed by atoms with Crippen LogP contribution in [0.4, 0.5) is 0 Å². The third-order valence-electron chi connectivity index (χ3n) is 4.35. The number of hydrogen-bond donors (Lipinski definition) is 4. The topological polar surface area (TPSA) is 102 Å². The predicted molar refractivity (Wildman–Crippen MR) is 85.1 cm³/mol. The van der Waals surface area contributed by atoms with Crippen LogP contribution in [0.1, 0.15) is 12.0 Å². The van der Waals surface area contributed by atoms with Crippen molar-refractivity contribution in [3.8, 4) is 0 Å². The molecule has 2 aromatic carbocycles. The third kappa shape index (κ3) is 2.99. The zero-order valence-electron chi connectivity index (χ0n) is 12.3. The monoisotopic (exact) mass is 302 g/mol. The maximum Gasteiger partial charge on any atom is 0.109 e. The summed E-state index contributed by atoms with van der Waals surface area (Å²) in [5.74, 6) is 0. The van der Waals surface area contributed by atoms with Gasteiger partial charge in [0, 0.05) is 12.1 Å². The second kappa shape index (κ2) is 6.32. The normalized spacial score (nSPS) is 32.3. The number of nitrogens with two attached hydrogens (primary N) is 2. The zero-order valence-corrected chi connectivity index (χ0v) is 12.3. The van der Waals surface area contributed by atoms with Crippen LogP contribution >= 0.6 is 0 Å². The minimum absolute atomic E-state index is 0.336. The minimum Gasteiger partial charge on any atom is -0.389 e. The number of aliphatic hydroxyl groups excluding tert-OH is 2. The van der Waals surface area contributed by atoms with E-state index < -0.39 is 24.4 Å². The van der Waals surface area contributed by atoms with E-state index in [1.54, 1.807) is 0 Å². The van der Waals surface area contributed by atoms with Crippen molar-refractivity contribution >= 4 is 10.8 Å². The first-order valence-electron chi connectivity index (χ1n) is 7.53. The fourth-order valence-corrected chi connectivity index (χ4v) is 3.03. The van der Waals surface area contributed by atoms with Gasteiger partial charge in [0.25, 0.3) is 0 Å². The Balaban J connectivity index is 1.70. The van der Waals surface area contributed by atoms with Gasteiger partial charge in [-0.25, -0.2) is 0 Å². The summed E-state index contributed by atoms with van der Waals surface area (Å²) in [5.41, 5.74) is 12.7. The lowest BCUT2D eigenvalue weighted by atomic mass is 9.85. The number of ether oxygens (including phenoxy) is 1. The molecule has 0 saturated heterocycles. The smallest absolute Gasteiger partial charge is 0.109 e. The van der Waals surface area contributed by atoms with Gasteiger partial charge in [-0.15, -0.1) is 0 Å². The summed E-state index contributed by atoms with van der Waals surface area (Å²) in [6.07, 6.45) is -2.23. The molecule has 1 aliphatic carbocycles. The zero-order chi connectivity index (χ0) is 15.7. The van der Waals surface area contributed by atoms with Gasteiger partial charge in [0.1, 0.15) is 12.2 Å². The van der Waals surface area contributed by atoms with E-state index in [2.05, 4.69) is 12.1 Å². The molecule has 0 spiro atoms. The van der Waals surface area contributed by atoms with Gasteiger partial charge in [-0.2, -0.15) is 0 Å². The van der Waals surface area contributed by atoms with Crippen LogP contribution in [0.15, 0.2) is 42.5 Å². The molecule has 3 rings (SSSR count). The Morgan fingerprint density at radius 2 is 1.68 bits per heavy atom. The van der Waals surface area contributed by atoms with E-state index in [0.29, 0.717) is 13.0 Å². The van der Waals surface area contributed by atoms with Gasteiger partial charge in [-0.05, 0) is 28.8 Å². The van der Waals surface area contributed by atoms with Gasteiger partial charge < -0.3 is 26.4 Å². The van der Waals surface area contributed by atoms with Crippen molar-refractivity contribution in [1.29, 1.82) is 0 Å². The molecule has 0 bridgehead atoms. The van der Waals surface area contributed by atoms with E-state index in [9.17, 15) is 10.2 Å². The molecular weight excluding hydrogens is 280 g/mol. The third-order valence-corrected chi connectivity index (χ3v) is 4.35. The van der Waals surface area contributed by atoms with Crippen molar-refractivity contribution in [2.45, 2.75) is 43.4 Å². The van der Waals surface area contributed by atoms with Crippen molar-refractivity contribution in [3.63, 3.8) is 0 Å². The predicted octanol–water partition coefficient (Wildman–Crippen LogP) is 0.505. The lowest BCUT2D eigenvalue weighted by Gasteiger charge is -2.39. The standard InChI is InChI=1S/C17H22N2O3/c18-13-8-14(19)17(16(21)15(13)20)22-9-10-5-6-11-3-1-2-4-12(11)7-10/h1-7,13-17,20-21H,8-9,18-19H2/t13?,14-,15-,16+,17?/m1/s1. The van der Waals surface area contributed by atoms with Crippen LogP contribution in [-0.2, 0) is 11.3 Å². The van der Waals surface area contributed by atoms with Crippen LogP contribution in [0, 0.1) is 0 Å². The Morgan fingerprint density at radius 3 is 2.45 bits per heavy atom. The highest BCUT2D eigenvalue weighted by molar-refractivity contribution is 5.82. The first kappa shape index (κ1) is 15.4. The highest BCUT2D eigenvalue weighted by atomic mass is 16.5. The molecule has 0 aliphatic heterocycles. The van der Waals surface area contributed by atoms with E-state index in [-0.39, 0.29) is 6.04 Å². The first-order valence-corrected chi connectivity index (χ1v) is 7.53. The molecule has 1 aliphatic rings. The van der Waals surface area contributed by atoms with E-state index >= 15 is 0 Å². The quantitative estimate of drug-likeness (QED) is 0.661. The molecule has 6 N–H and O–H groups in total. The number of fused-ring (bicyclic) bond motifs is 1. The van der Waals surface area contributed by atoms with Gasteiger partial charge in [0.05, 0.1) is 12.7 Å². The molecule has 0 aromatic heterocycles. The van der Waals surface area contributed by atoms with Crippen molar-refractivity contribution in [3.05, 3.63) is 48.0 Å². The van der Waals surface area contributed by atoms with Crippen LogP contribution < -0.4 is 11.5 Å². The van der Waals surface area contributed by atoms with Crippen molar-refractivity contribution in [2.24, 2.45) is 11.5 Å². The molecule has 22 heavy (non-hydrogen) atoms. The molecule has 5 atom stereocenters. The molecule has 2 aromatic rings. The number of hydrogen-bond acceptors (Lipinski definition) is 5. The van der Waals surface area contributed by atoms with E-state index in [4.69, 9.17) is 16.2 Å². The Bertz CT molecular complexity index is 649. The molecule has 118 valence electrons. The summed E-state index contributed by atoms with van der Waals surface area (Å²) in [6.45, 7) is 0.336. The second-order valence-corrected chi connectivity index (χ2v) is 6.00. The van der Waals surface area contributed by atoms with Crippen molar-refractivity contribution in [2.75, 3.05) is 0 Å². The average molecular weight is 302 g/mol. The van der Waals surface area contributed by atoms with Crippen molar-refractivity contribution < 1.29 is 14.9 Å². The number of rotatable bonds is 3. The molecule has 5 heteroatoms. The fourth-order valence-electron chi connectivity index (χ4n) is 3.03. The summed E-state index contributed by atoms with van der Waals surface area (Å²) in [5, 5.41) is 22.3. The molecule has 0 radical (unpaired) electrons. The highest BCUT2D eigenvalue weighted by Crippen LogP contribution is 2.23. The largest absolute Gasteiger partial charge is 0.389 e. The fraction of sp³-hybridized carbons (Fsp3) is 0.412. The van der Waals surface area contributed by atoms with Gasteiger partial charge in [-0.3, -0.25) is 0 Å². The summed E-state index contributed by atoms with van der Waals surface area (Å²) >= 11 is 0. The van der Waals surface area contributed by atoms with Crippen LogP contribution in [0.3, 0.4) is 0 Å². The van der Waals surface area contributed by atoms with Crippen LogP contribution in [0.5, 0.6) is 0 Å². The van der Waals surface area contributed by atoms with Gasteiger partial charge in [0.15, 0.2) is 0 Å². The molecule has 5 nitrogen and oxygen atoms in total. The first-order chi connectivity index (χ1) is 10.6. The van der Waals surface area contributed by atoms with E-state index in [1.807, 2.05) is 30.3 Å². The SMILES string of the molecule is NC1C[C@@H](N)C(OCc2ccc3ccccc3c2)[C@@H](O)[C@@H]1O. The molecule has 0 heterocycles. The van der Waals surface area contributed by atoms with Crippen LogP contribution in [0.2, 0.25) is 0 Å². The lowest BCUT2D eigenvalue weighted by Crippen LogP contribution is -2.61. The van der Waals surface area contributed by atoms with Gasteiger partial charge in [0.2, 0.25) is 0 Å². The average Bonchev–Trinajstić information content (AvgIpc) is 2.52. The molecule has 2 unspecified atom stereocenters. The van der Waals surface area contributed by atoms with E-state index in [1.165, 1.54) is 5.39 Å². The highest BCUT2D eigenvalue weighted by Gasteiger charge is 2.41. The molecule has 1 saturated carbocycles. The second-order valence-electron chi connectivity index (χ2n) is 6.00. The van der Waals surface area contributed by atoms with E-state index in [0.717, 1.165) is 10.9 Å². The van der Waals surface area contributed by atoms with Gasteiger partial charge in [-0.1, -0.05) is 36.4 Å². The Kier molecular flexibility index (Phi) is 4.42. The summed E-state index contributed by atoms with van der Waals surface area (Å²) in [7, 11) is 0. The maximum atomic E-state index is 10.1. The Morgan fingerprint density at radius 1 is 0.955 bits per heavy atom. The lowest BCUT2D eigenvalue weighted by molar-refractivity contribution is -0.131. The number of aliphatic hydroxyl groups is 2. The maximum absolute atomic E-state index is 10.1. The molecule has 1 fully saturated rings. The van der Waals surface area contributed by atoms with Crippen LogP contribution in [0.25, 0.3) is 10.8 Å². The Labute approximate surface area is 129 Å². The summed E-state index contributed by atoms with van der Waals surface area (Å²) < 4.78 is 5.77. The number of benzene rings is 2. The summed E-state index contributed by atoms with van der Waals surface area (Å²) in [4.78, 5) is 0. The van der Waals surface area contributed by atoms with Crippen LogP contribution in [-0.4, -0.2) is 40.6 Å². The van der Waals surface area contributed by atoms with Gasteiger partial charge >= 0.3 is 0 Å². The van der Waals surface area contributed by atoms with Crippen molar-refractivity contribution in [1.82, 2.24) is 0 Å².